The molecule has 0 saturated carbocycles. The zero-order chi connectivity index (χ0) is 19.8. The summed E-state index contributed by atoms with van der Waals surface area (Å²) in [7, 11) is 0. The summed E-state index contributed by atoms with van der Waals surface area (Å²) in [5.41, 5.74) is 1.21. The smallest absolute Gasteiger partial charge is 0.228 e. The van der Waals surface area contributed by atoms with Crippen LogP contribution in [0.15, 0.2) is 36.4 Å². The summed E-state index contributed by atoms with van der Waals surface area (Å²) in [4.78, 5) is 31.3. The number of hydrogen-bond donors (Lipinski definition) is 0. The van der Waals surface area contributed by atoms with Gasteiger partial charge in [-0.05, 0) is 12.0 Å². The molecule has 1 unspecified atom stereocenters. The first-order chi connectivity index (χ1) is 13.7. The van der Waals surface area contributed by atoms with E-state index in [-0.39, 0.29) is 17.7 Å². The molecule has 0 radical (unpaired) electrons. The molecule has 0 spiro atoms. The first-order valence-electron chi connectivity index (χ1n) is 10.7. The molecular formula is C23H33N3O2. The van der Waals surface area contributed by atoms with E-state index in [1.54, 1.807) is 0 Å². The molecule has 28 heavy (non-hydrogen) atoms. The van der Waals surface area contributed by atoms with Gasteiger partial charge in [0.25, 0.3) is 0 Å². The molecule has 2 fully saturated rings. The number of benzene rings is 1. The molecule has 1 aromatic rings. The molecule has 0 aromatic heterocycles. The van der Waals surface area contributed by atoms with Crippen molar-refractivity contribution in [2.45, 2.75) is 32.6 Å². The highest BCUT2D eigenvalue weighted by Gasteiger charge is 2.36. The summed E-state index contributed by atoms with van der Waals surface area (Å²) in [5.74, 6) is 0.184. The fraction of sp³-hybridized carbons (Fsp3) is 0.565. The van der Waals surface area contributed by atoms with Crippen LogP contribution in [-0.2, 0) is 9.59 Å². The molecule has 2 aliphatic rings. The third-order valence-electron chi connectivity index (χ3n) is 5.75. The van der Waals surface area contributed by atoms with Crippen LogP contribution in [0.3, 0.4) is 0 Å². The molecule has 5 heteroatoms. The first-order valence-corrected chi connectivity index (χ1v) is 10.7. The molecule has 1 aromatic carbocycles. The standard InChI is InChI=1S/C23H33N3O2/c1-2-3-7-13-26-19-21(18-22(26)27)23(28)25-16-14-24(15-17-25)12-8-11-20-9-5-4-6-10-20/h4-6,8-11,21H,2-3,7,12-19H2,1H3/b11-8+. The maximum Gasteiger partial charge on any atom is 0.228 e. The minimum atomic E-state index is -0.140. The SMILES string of the molecule is CCCCCN1CC(C(=O)N2CCN(C/C=C/c3ccccc3)CC2)CC1=O. The summed E-state index contributed by atoms with van der Waals surface area (Å²) in [5, 5.41) is 0. The van der Waals surface area contributed by atoms with E-state index in [2.05, 4.69) is 36.1 Å². The second-order valence-electron chi connectivity index (χ2n) is 7.89. The fourth-order valence-electron chi connectivity index (χ4n) is 4.02. The number of carbonyl (C=O) groups is 2. The summed E-state index contributed by atoms with van der Waals surface area (Å²) in [6.07, 6.45) is 8.06. The molecule has 0 aliphatic carbocycles. The Kier molecular flexibility index (Phi) is 7.66. The second kappa shape index (κ2) is 10.4. The number of carbonyl (C=O) groups excluding carboxylic acids is 2. The van der Waals surface area contributed by atoms with Gasteiger partial charge in [-0.2, -0.15) is 0 Å². The van der Waals surface area contributed by atoms with Crippen LogP contribution in [0.4, 0.5) is 0 Å². The van der Waals surface area contributed by atoms with E-state index in [9.17, 15) is 9.59 Å². The Bertz CT molecular complexity index is 666. The third kappa shape index (κ3) is 5.68. The van der Waals surface area contributed by atoms with E-state index < -0.39 is 0 Å². The highest BCUT2D eigenvalue weighted by Crippen LogP contribution is 2.21. The van der Waals surface area contributed by atoms with Gasteiger partial charge in [-0.15, -0.1) is 0 Å². The van der Waals surface area contributed by atoms with Crippen molar-refractivity contribution in [3.05, 3.63) is 42.0 Å². The van der Waals surface area contributed by atoms with Crippen molar-refractivity contribution in [2.24, 2.45) is 5.92 Å². The van der Waals surface area contributed by atoms with E-state index in [1.165, 1.54) is 5.56 Å². The second-order valence-corrected chi connectivity index (χ2v) is 7.89. The quantitative estimate of drug-likeness (QED) is 0.649. The Labute approximate surface area is 169 Å². The van der Waals surface area contributed by atoms with Crippen molar-refractivity contribution in [3.8, 4) is 0 Å². The maximum absolute atomic E-state index is 12.8. The predicted molar refractivity (Wildman–Crippen MR) is 113 cm³/mol. The van der Waals surface area contributed by atoms with Gasteiger partial charge in [0, 0.05) is 52.2 Å². The van der Waals surface area contributed by atoms with E-state index in [0.717, 1.165) is 58.5 Å². The van der Waals surface area contributed by atoms with Gasteiger partial charge < -0.3 is 9.80 Å². The molecule has 152 valence electrons. The van der Waals surface area contributed by atoms with E-state index >= 15 is 0 Å². The lowest BCUT2D eigenvalue weighted by molar-refractivity contribution is -0.137. The van der Waals surface area contributed by atoms with Crippen molar-refractivity contribution in [3.63, 3.8) is 0 Å². The average Bonchev–Trinajstić information content (AvgIpc) is 3.10. The van der Waals surface area contributed by atoms with Crippen LogP contribution >= 0.6 is 0 Å². The number of nitrogens with zero attached hydrogens (tertiary/aromatic N) is 3. The Morgan fingerprint density at radius 1 is 1.11 bits per heavy atom. The normalized spacial score (nSPS) is 21.0. The Hall–Kier alpha value is -2.14. The molecule has 2 aliphatic heterocycles. The van der Waals surface area contributed by atoms with Crippen molar-refractivity contribution in [2.75, 3.05) is 45.8 Å². The lowest BCUT2D eigenvalue weighted by Gasteiger charge is -2.35. The molecule has 1 atom stereocenters. The predicted octanol–water partition coefficient (Wildman–Crippen LogP) is 2.88. The van der Waals surface area contributed by atoms with Gasteiger partial charge in [0.05, 0.1) is 5.92 Å². The number of piperazine rings is 1. The van der Waals surface area contributed by atoms with Crippen LogP contribution < -0.4 is 0 Å². The minimum Gasteiger partial charge on any atom is -0.342 e. The maximum atomic E-state index is 12.8. The number of likely N-dealkylation sites (tertiary alicyclic amines) is 1. The van der Waals surface area contributed by atoms with Crippen molar-refractivity contribution < 1.29 is 9.59 Å². The van der Waals surface area contributed by atoms with Crippen LogP contribution in [0.25, 0.3) is 6.08 Å². The summed E-state index contributed by atoms with van der Waals surface area (Å²) in [6, 6.07) is 10.3. The molecule has 0 bridgehead atoms. The Morgan fingerprint density at radius 3 is 2.57 bits per heavy atom. The zero-order valence-corrected chi connectivity index (χ0v) is 17.1. The summed E-state index contributed by atoms with van der Waals surface area (Å²) >= 11 is 0. The topological polar surface area (TPSA) is 43.9 Å². The van der Waals surface area contributed by atoms with Crippen LogP contribution in [-0.4, -0.2) is 72.3 Å². The molecule has 3 rings (SSSR count). The first kappa shape index (κ1) is 20.6. The minimum absolute atomic E-state index is 0.140. The van der Waals surface area contributed by atoms with Gasteiger partial charge in [0.2, 0.25) is 11.8 Å². The van der Waals surface area contributed by atoms with E-state index in [0.29, 0.717) is 13.0 Å². The van der Waals surface area contributed by atoms with E-state index in [1.807, 2.05) is 28.0 Å². The largest absolute Gasteiger partial charge is 0.342 e. The monoisotopic (exact) mass is 383 g/mol. The van der Waals surface area contributed by atoms with Crippen LogP contribution in [0.5, 0.6) is 0 Å². The highest BCUT2D eigenvalue weighted by atomic mass is 16.2. The molecule has 2 saturated heterocycles. The molecule has 2 heterocycles. The van der Waals surface area contributed by atoms with Crippen molar-refractivity contribution in [1.82, 2.24) is 14.7 Å². The lowest BCUT2D eigenvalue weighted by Crippen LogP contribution is -2.50. The van der Waals surface area contributed by atoms with Gasteiger partial charge in [-0.25, -0.2) is 0 Å². The van der Waals surface area contributed by atoms with Gasteiger partial charge >= 0.3 is 0 Å². The lowest BCUT2D eigenvalue weighted by atomic mass is 10.1. The number of unbranched alkanes of at least 4 members (excludes halogenated alkanes) is 2. The molecule has 5 nitrogen and oxygen atoms in total. The van der Waals surface area contributed by atoms with Crippen molar-refractivity contribution in [1.29, 1.82) is 0 Å². The molecule has 0 N–H and O–H groups in total. The van der Waals surface area contributed by atoms with E-state index in [4.69, 9.17) is 0 Å². The average molecular weight is 384 g/mol. The zero-order valence-electron chi connectivity index (χ0n) is 17.1. The summed E-state index contributed by atoms with van der Waals surface area (Å²) < 4.78 is 0. The Balaban J connectivity index is 1.40. The van der Waals surface area contributed by atoms with Crippen LogP contribution in [0, 0.1) is 5.92 Å². The number of hydrogen-bond acceptors (Lipinski definition) is 3. The highest BCUT2D eigenvalue weighted by molar-refractivity contribution is 5.89. The van der Waals surface area contributed by atoms with Gasteiger partial charge in [0.1, 0.15) is 0 Å². The van der Waals surface area contributed by atoms with Crippen LogP contribution in [0.2, 0.25) is 0 Å². The van der Waals surface area contributed by atoms with Gasteiger partial charge in [-0.1, -0.05) is 62.2 Å². The van der Waals surface area contributed by atoms with Crippen LogP contribution in [0.1, 0.15) is 38.2 Å². The van der Waals surface area contributed by atoms with Gasteiger partial charge in [0.15, 0.2) is 0 Å². The molecular weight excluding hydrogens is 350 g/mol. The number of rotatable bonds is 8. The summed E-state index contributed by atoms with van der Waals surface area (Å²) in [6.45, 7) is 7.80. The Morgan fingerprint density at radius 2 is 1.86 bits per heavy atom. The van der Waals surface area contributed by atoms with Crippen molar-refractivity contribution >= 4 is 17.9 Å². The number of amides is 2. The third-order valence-corrected chi connectivity index (χ3v) is 5.75. The fourth-order valence-corrected chi connectivity index (χ4v) is 4.02. The molecule has 2 amide bonds. The van der Waals surface area contributed by atoms with Gasteiger partial charge in [-0.3, -0.25) is 14.5 Å².